The lowest BCUT2D eigenvalue weighted by Gasteiger charge is -1.97. The van der Waals surface area contributed by atoms with E-state index in [0.717, 1.165) is 11.3 Å². The first kappa shape index (κ1) is 8.95. The molecule has 0 saturated carbocycles. The molecule has 2 aromatic rings. The van der Waals surface area contributed by atoms with Gasteiger partial charge >= 0.3 is 4.87 Å². The van der Waals surface area contributed by atoms with Crippen molar-refractivity contribution < 1.29 is 5.11 Å². The Balaban J connectivity index is 2.31. The number of nitrogens with zero attached hydrogens (tertiary/aromatic N) is 3. The molecular formula is C7H8N4O2S. The molecule has 0 amide bonds. The van der Waals surface area contributed by atoms with Gasteiger partial charge in [0, 0.05) is 0 Å². The van der Waals surface area contributed by atoms with Crippen molar-refractivity contribution in [3.8, 4) is 5.88 Å². The van der Waals surface area contributed by atoms with Gasteiger partial charge in [-0.05, 0) is 6.92 Å². The summed E-state index contributed by atoms with van der Waals surface area (Å²) in [6.45, 7) is 1.96. The first-order chi connectivity index (χ1) is 6.66. The van der Waals surface area contributed by atoms with Crippen LogP contribution in [0, 0.1) is 6.92 Å². The first-order valence-corrected chi connectivity index (χ1v) is 4.80. The van der Waals surface area contributed by atoms with Gasteiger partial charge in [-0.2, -0.15) is 5.10 Å². The highest BCUT2D eigenvalue weighted by atomic mass is 32.1. The molecule has 0 atom stereocenters. The fourth-order valence-corrected chi connectivity index (χ4v) is 1.69. The van der Waals surface area contributed by atoms with Gasteiger partial charge in [-0.25, -0.2) is 4.98 Å². The molecule has 0 bridgehead atoms. The van der Waals surface area contributed by atoms with Crippen LogP contribution in [0.25, 0.3) is 0 Å². The second-order valence-electron chi connectivity index (χ2n) is 2.78. The largest absolute Gasteiger partial charge is 0.494 e. The Morgan fingerprint density at radius 3 is 3.00 bits per heavy atom. The van der Waals surface area contributed by atoms with Gasteiger partial charge in [-0.15, -0.1) is 0 Å². The fraction of sp³-hybridized carbons (Fsp3) is 0.286. The summed E-state index contributed by atoms with van der Waals surface area (Å²) >= 11 is 0.949. The zero-order valence-corrected chi connectivity index (χ0v) is 8.21. The van der Waals surface area contributed by atoms with E-state index in [0.29, 0.717) is 11.6 Å². The number of nitrogens with one attached hydrogen (secondary N) is 1. The minimum atomic E-state index is -0.218. The zero-order valence-electron chi connectivity index (χ0n) is 7.39. The van der Waals surface area contributed by atoms with Gasteiger partial charge in [0.2, 0.25) is 5.88 Å². The summed E-state index contributed by atoms with van der Waals surface area (Å²) < 4.78 is 1.22. The van der Waals surface area contributed by atoms with Crippen molar-refractivity contribution in [2.75, 3.05) is 0 Å². The molecule has 14 heavy (non-hydrogen) atoms. The van der Waals surface area contributed by atoms with Crippen LogP contribution in [0.3, 0.4) is 0 Å². The molecule has 0 unspecified atom stereocenters. The van der Waals surface area contributed by atoms with E-state index in [1.807, 2.05) is 0 Å². The van der Waals surface area contributed by atoms with Crippen molar-refractivity contribution in [1.29, 1.82) is 0 Å². The molecule has 2 aromatic heterocycles. The van der Waals surface area contributed by atoms with Gasteiger partial charge in [-0.3, -0.25) is 14.5 Å². The van der Waals surface area contributed by atoms with Crippen LogP contribution in [-0.4, -0.2) is 24.9 Å². The number of aromatic hydroxyl groups is 1. The minimum absolute atomic E-state index is 0.0533. The second kappa shape index (κ2) is 3.26. The Morgan fingerprint density at radius 1 is 1.71 bits per heavy atom. The third-order valence-electron chi connectivity index (χ3n) is 1.71. The van der Waals surface area contributed by atoms with Gasteiger partial charge in [0.15, 0.2) is 5.82 Å². The third kappa shape index (κ3) is 1.53. The van der Waals surface area contributed by atoms with Gasteiger partial charge in [-0.1, -0.05) is 11.3 Å². The van der Waals surface area contributed by atoms with E-state index in [-0.39, 0.29) is 17.3 Å². The lowest BCUT2D eigenvalue weighted by atomic mass is 10.6. The average molecular weight is 212 g/mol. The molecule has 74 valence electrons. The van der Waals surface area contributed by atoms with Crippen LogP contribution in [-0.2, 0) is 6.54 Å². The van der Waals surface area contributed by atoms with E-state index < -0.39 is 0 Å². The van der Waals surface area contributed by atoms with Crippen LogP contribution in [0.1, 0.15) is 11.6 Å². The van der Waals surface area contributed by atoms with E-state index >= 15 is 0 Å². The van der Waals surface area contributed by atoms with Gasteiger partial charge < -0.3 is 5.11 Å². The zero-order chi connectivity index (χ0) is 10.1. The lowest BCUT2D eigenvalue weighted by Crippen LogP contribution is -2.14. The van der Waals surface area contributed by atoms with Crippen molar-refractivity contribution in [2.45, 2.75) is 13.5 Å². The van der Waals surface area contributed by atoms with Crippen LogP contribution < -0.4 is 4.87 Å². The second-order valence-corrected chi connectivity index (χ2v) is 3.60. The molecule has 6 nitrogen and oxygen atoms in total. The van der Waals surface area contributed by atoms with Crippen molar-refractivity contribution in [1.82, 2.24) is 19.7 Å². The summed E-state index contributed by atoms with van der Waals surface area (Å²) in [5, 5.41) is 17.2. The van der Waals surface area contributed by atoms with Crippen molar-refractivity contribution in [3.05, 3.63) is 26.7 Å². The number of rotatable bonds is 2. The topological polar surface area (TPSA) is 83.8 Å². The van der Waals surface area contributed by atoms with Gasteiger partial charge in [0.05, 0.1) is 11.9 Å². The Labute approximate surface area is 82.9 Å². The number of aryl methyl sites for hydroxylation is 1. The maximum Gasteiger partial charge on any atom is 0.310 e. The van der Waals surface area contributed by atoms with E-state index in [1.165, 1.54) is 9.95 Å². The highest BCUT2D eigenvalue weighted by Gasteiger charge is 2.08. The highest BCUT2D eigenvalue weighted by molar-refractivity contribution is 7.07. The summed E-state index contributed by atoms with van der Waals surface area (Å²) in [6.07, 6.45) is 0. The molecule has 0 aromatic carbocycles. The van der Waals surface area contributed by atoms with Gasteiger partial charge in [0.1, 0.15) is 5.82 Å². The monoisotopic (exact) mass is 212 g/mol. The molecule has 7 heteroatoms. The van der Waals surface area contributed by atoms with Crippen LogP contribution in [0.15, 0.2) is 10.2 Å². The predicted octanol–water partition coefficient (Wildman–Crippen LogP) is 0.0902. The molecule has 0 aliphatic carbocycles. The number of hydrogen-bond acceptors (Lipinski definition) is 5. The first-order valence-electron chi connectivity index (χ1n) is 3.92. The Morgan fingerprint density at radius 2 is 2.50 bits per heavy atom. The minimum Gasteiger partial charge on any atom is -0.494 e. The maximum absolute atomic E-state index is 11.2. The summed E-state index contributed by atoms with van der Waals surface area (Å²) in [5.41, 5.74) is 0. The molecule has 0 aliphatic heterocycles. The molecule has 2 N–H and O–H groups in total. The standard InChI is InChI=1S/C7H8N4O2S/c1-4-8-5(10-9-4)2-11-6(12)3-14-7(11)13/h3,12H,2H2,1H3,(H,8,9,10). The number of thiazole rings is 1. The molecule has 2 heterocycles. The van der Waals surface area contributed by atoms with E-state index in [9.17, 15) is 9.90 Å². The highest BCUT2D eigenvalue weighted by Crippen LogP contribution is 2.09. The van der Waals surface area contributed by atoms with Crippen molar-refractivity contribution in [3.63, 3.8) is 0 Å². The molecule has 2 rings (SSSR count). The lowest BCUT2D eigenvalue weighted by molar-refractivity contribution is 0.419. The fourth-order valence-electron chi connectivity index (χ4n) is 1.07. The maximum atomic E-state index is 11.2. The SMILES string of the molecule is Cc1nc(Cn2c(O)csc2=O)n[nH]1. The Bertz CT molecular complexity index is 498. The summed E-state index contributed by atoms with van der Waals surface area (Å²) in [5.74, 6) is 1.11. The molecule has 0 fully saturated rings. The normalized spacial score (nSPS) is 10.6. The number of hydrogen-bond donors (Lipinski definition) is 2. The summed E-state index contributed by atoms with van der Waals surface area (Å²) in [4.78, 5) is 15.0. The third-order valence-corrected chi connectivity index (χ3v) is 2.46. The van der Waals surface area contributed by atoms with E-state index in [1.54, 1.807) is 6.92 Å². The average Bonchev–Trinajstić information content (AvgIpc) is 2.67. The number of aromatic amines is 1. The van der Waals surface area contributed by atoms with E-state index in [4.69, 9.17) is 0 Å². The quantitative estimate of drug-likeness (QED) is 0.739. The van der Waals surface area contributed by atoms with E-state index in [2.05, 4.69) is 15.2 Å². The van der Waals surface area contributed by atoms with Crippen LogP contribution >= 0.6 is 11.3 Å². The molecule has 0 aliphatic rings. The van der Waals surface area contributed by atoms with Crippen LogP contribution in [0.5, 0.6) is 5.88 Å². The van der Waals surface area contributed by atoms with Crippen LogP contribution in [0.2, 0.25) is 0 Å². The molecular weight excluding hydrogens is 204 g/mol. The molecule has 0 radical (unpaired) electrons. The van der Waals surface area contributed by atoms with Crippen LogP contribution in [0.4, 0.5) is 0 Å². The molecule has 0 saturated heterocycles. The number of aromatic nitrogens is 4. The van der Waals surface area contributed by atoms with Crippen molar-refractivity contribution >= 4 is 11.3 Å². The van der Waals surface area contributed by atoms with Crippen molar-refractivity contribution in [2.24, 2.45) is 0 Å². The summed E-state index contributed by atoms with van der Waals surface area (Å²) in [7, 11) is 0. The van der Waals surface area contributed by atoms with Gasteiger partial charge in [0.25, 0.3) is 0 Å². The predicted molar refractivity (Wildman–Crippen MR) is 50.5 cm³/mol. The molecule has 0 spiro atoms. The summed E-state index contributed by atoms with van der Waals surface area (Å²) in [6, 6.07) is 0. The smallest absolute Gasteiger partial charge is 0.310 e. The number of H-pyrrole nitrogens is 1. The Kier molecular flexibility index (Phi) is 2.08. The Hall–Kier alpha value is -1.63.